The van der Waals surface area contributed by atoms with Gasteiger partial charge in [0, 0.05) is 6.04 Å². The molecule has 0 amide bonds. The topological polar surface area (TPSA) is 12.0 Å². The second-order valence-corrected chi connectivity index (χ2v) is 3.29. The summed E-state index contributed by atoms with van der Waals surface area (Å²) in [5, 5.41) is 3.35. The zero-order valence-corrected chi connectivity index (χ0v) is 6.14. The molecule has 2 rings (SSSR count). The van der Waals surface area contributed by atoms with E-state index in [0.717, 1.165) is 5.92 Å². The van der Waals surface area contributed by atoms with E-state index in [1.807, 2.05) is 0 Å². The molecule has 2 atom stereocenters. The molecular formula is C9H13N. The standard InChI is InChI=1S/C9H13N/c1-7-2-3-8-4-5-10-9(8)6-7/h4-5,8-10H,1-3,6H2. The molecule has 1 N–H and O–H groups in total. The van der Waals surface area contributed by atoms with Gasteiger partial charge in [-0.1, -0.05) is 18.2 Å². The Labute approximate surface area is 61.8 Å². The van der Waals surface area contributed by atoms with Gasteiger partial charge in [0.1, 0.15) is 0 Å². The minimum atomic E-state index is 0.682. The van der Waals surface area contributed by atoms with Gasteiger partial charge < -0.3 is 5.32 Å². The van der Waals surface area contributed by atoms with Crippen LogP contribution in [0.15, 0.2) is 24.4 Å². The Morgan fingerprint density at radius 3 is 3.40 bits per heavy atom. The fourth-order valence-electron chi connectivity index (χ4n) is 1.85. The molecular weight excluding hydrogens is 122 g/mol. The van der Waals surface area contributed by atoms with Crippen molar-refractivity contribution < 1.29 is 0 Å². The Morgan fingerprint density at radius 1 is 1.60 bits per heavy atom. The second-order valence-electron chi connectivity index (χ2n) is 3.29. The number of fused-ring (bicyclic) bond motifs is 1. The first-order valence-corrected chi connectivity index (χ1v) is 3.95. The van der Waals surface area contributed by atoms with Crippen LogP contribution in [0.25, 0.3) is 0 Å². The van der Waals surface area contributed by atoms with E-state index < -0.39 is 0 Å². The Kier molecular flexibility index (Phi) is 1.30. The highest BCUT2D eigenvalue weighted by molar-refractivity contribution is 5.13. The van der Waals surface area contributed by atoms with E-state index in [-0.39, 0.29) is 0 Å². The van der Waals surface area contributed by atoms with Gasteiger partial charge in [-0.2, -0.15) is 0 Å². The summed E-state index contributed by atoms with van der Waals surface area (Å²) in [5.41, 5.74) is 1.41. The molecule has 1 aliphatic carbocycles. The molecule has 1 heteroatoms. The summed E-state index contributed by atoms with van der Waals surface area (Å²) < 4.78 is 0. The number of rotatable bonds is 0. The minimum absolute atomic E-state index is 0.682. The van der Waals surface area contributed by atoms with Gasteiger partial charge in [0.25, 0.3) is 0 Å². The van der Waals surface area contributed by atoms with Crippen LogP contribution in [0.4, 0.5) is 0 Å². The van der Waals surface area contributed by atoms with E-state index in [1.54, 1.807) is 0 Å². The normalized spacial score (nSPS) is 37.4. The van der Waals surface area contributed by atoms with Gasteiger partial charge in [-0.05, 0) is 31.4 Å². The van der Waals surface area contributed by atoms with Crippen molar-refractivity contribution in [3.05, 3.63) is 24.4 Å². The van der Waals surface area contributed by atoms with Crippen LogP contribution in [0.1, 0.15) is 19.3 Å². The lowest BCUT2D eigenvalue weighted by Crippen LogP contribution is -2.30. The molecule has 2 aliphatic rings. The summed E-state index contributed by atoms with van der Waals surface area (Å²) in [4.78, 5) is 0. The smallest absolute Gasteiger partial charge is 0.0356 e. The van der Waals surface area contributed by atoms with Gasteiger partial charge in [-0.3, -0.25) is 0 Å². The maximum Gasteiger partial charge on any atom is 0.0356 e. The molecule has 0 aromatic rings. The molecule has 0 saturated heterocycles. The van der Waals surface area contributed by atoms with E-state index in [2.05, 4.69) is 24.2 Å². The molecule has 1 saturated carbocycles. The molecule has 1 nitrogen and oxygen atoms in total. The maximum atomic E-state index is 4.01. The summed E-state index contributed by atoms with van der Waals surface area (Å²) >= 11 is 0. The van der Waals surface area contributed by atoms with Crippen LogP contribution < -0.4 is 5.32 Å². The van der Waals surface area contributed by atoms with E-state index in [0.29, 0.717) is 6.04 Å². The first-order chi connectivity index (χ1) is 4.86. The lowest BCUT2D eigenvalue weighted by Gasteiger charge is -2.26. The fourth-order valence-corrected chi connectivity index (χ4v) is 1.85. The molecule has 0 spiro atoms. The molecule has 0 radical (unpaired) electrons. The molecule has 0 aromatic carbocycles. The Hall–Kier alpha value is -0.720. The molecule has 1 heterocycles. The van der Waals surface area contributed by atoms with Crippen LogP contribution in [-0.2, 0) is 0 Å². The Bertz CT molecular complexity index is 181. The second kappa shape index (κ2) is 2.15. The number of hydrogen-bond donors (Lipinski definition) is 1. The zero-order chi connectivity index (χ0) is 6.97. The first-order valence-electron chi connectivity index (χ1n) is 3.95. The van der Waals surface area contributed by atoms with Crippen molar-refractivity contribution in [2.45, 2.75) is 25.3 Å². The minimum Gasteiger partial charge on any atom is -0.387 e. The van der Waals surface area contributed by atoms with Crippen molar-refractivity contribution in [1.29, 1.82) is 0 Å². The lowest BCUT2D eigenvalue weighted by atomic mass is 9.84. The van der Waals surface area contributed by atoms with Crippen LogP contribution in [0.3, 0.4) is 0 Å². The molecule has 10 heavy (non-hydrogen) atoms. The average Bonchev–Trinajstić information content (AvgIpc) is 2.33. The highest BCUT2D eigenvalue weighted by Crippen LogP contribution is 2.30. The van der Waals surface area contributed by atoms with Crippen molar-refractivity contribution >= 4 is 0 Å². The third-order valence-corrected chi connectivity index (χ3v) is 2.51. The van der Waals surface area contributed by atoms with E-state index in [9.17, 15) is 0 Å². The SMILES string of the molecule is C=C1CCC2C=CNC2C1. The zero-order valence-electron chi connectivity index (χ0n) is 6.14. The monoisotopic (exact) mass is 135 g/mol. The van der Waals surface area contributed by atoms with Crippen LogP contribution in [0.2, 0.25) is 0 Å². The fraction of sp³-hybridized carbons (Fsp3) is 0.556. The van der Waals surface area contributed by atoms with Gasteiger partial charge in [0.15, 0.2) is 0 Å². The van der Waals surface area contributed by atoms with Gasteiger partial charge in [0.05, 0.1) is 0 Å². The molecule has 0 bridgehead atoms. The van der Waals surface area contributed by atoms with Crippen molar-refractivity contribution in [2.24, 2.45) is 5.92 Å². The molecule has 1 aliphatic heterocycles. The third-order valence-electron chi connectivity index (χ3n) is 2.51. The summed E-state index contributed by atoms with van der Waals surface area (Å²) in [5.74, 6) is 0.797. The van der Waals surface area contributed by atoms with Gasteiger partial charge >= 0.3 is 0 Å². The van der Waals surface area contributed by atoms with Crippen LogP contribution in [-0.4, -0.2) is 6.04 Å². The first kappa shape index (κ1) is 6.02. The lowest BCUT2D eigenvalue weighted by molar-refractivity contribution is 0.407. The summed E-state index contributed by atoms with van der Waals surface area (Å²) in [7, 11) is 0. The highest BCUT2D eigenvalue weighted by Gasteiger charge is 2.26. The van der Waals surface area contributed by atoms with E-state index in [4.69, 9.17) is 0 Å². The number of hydrogen-bond acceptors (Lipinski definition) is 1. The van der Waals surface area contributed by atoms with Crippen LogP contribution >= 0.6 is 0 Å². The highest BCUT2D eigenvalue weighted by atomic mass is 14.9. The van der Waals surface area contributed by atoms with Gasteiger partial charge in [-0.25, -0.2) is 0 Å². The van der Waals surface area contributed by atoms with Crippen molar-refractivity contribution in [3.63, 3.8) is 0 Å². The van der Waals surface area contributed by atoms with E-state index >= 15 is 0 Å². The summed E-state index contributed by atoms with van der Waals surface area (Å²) in [6.45, 7) is 4.01. The third kappa shape index (κ3) is 0.859. The Balaban J connectivity index is 2.07. The molecule has 0 aromatic heterocycles. The van der Waals surface area contributed by atoms with E-state index in [1.165, 1.54) is 24.8 Å². The largest absolute Gasteiger partial charge is 0.387 e. The van der Waals surface area contributed by atoms with Crippen molar-refractivity contribution in [1.82, 2.24) is 5.32 Å². The Morgan fingerprint density at radius 2 is 2.50 bits per heavy atom. The predicted octanol–water partition coefficient (Wildman–Crippen LogP) is 1.83. The quantitative estimate of drug-likeness (QED) is 0.500. The molecule has 1 fully saturated rings. The van der Waals surface area contributed by atoms with Gasteiger partial charge in [0.2, 0.25) is 0 Å². The maximum absolute atomic E-state index is 4.01. The average molecular weight is 135 g/mol. The van der Waals surface area contributed by atoms with Crippen LogP contribution in [0, 0.1) is 5.92 Å². The summed E-state index contributed by atoms with van der Waals surface area (Å²) in [6, 6.07) is 0.682. The van der Waals surface area contributed by atoms with Gasteiger partial charge in [-0.15, -0.1) is 0 Å². The number of nitrogens with one attached hydrogen (secondary N) is 1. The van der Waals surface area contributed by atoms with Crippen molar-refractivity contribution in [3.8, 4) is 0 Å². The molecule has 54 valence electrons. The molecule has 2 unspecified atom stereocenters. The van der Waals surface area contributed by atoms with Crippen molar-refractivity contribution in [2.75, 3.05) is 0 Å². The van der Waals surface area contributed by atoms with Crippen LogP contribution in [0.5, 0.6) is 0 Å². The summed E-state index contributed by atoms with van der Waals surface area (Å²) in [6.07, 6.45) is 8.09. The predicted molar refractivity (Wildman–Crippen MR) is 42.5 cm³/mol.